The van der Waals surface area contributed by atoms with Gasteiger partial charge in [0, 0.05) is 32.8 Å². The maximum Gasteiger partial charge on any atom is 0.0630 e. The normalized spacial score (nSPS) is 18.6. The number of nitrogens with one attached hydrogen (secondary N) is 1. The Balaban J connectivity index is 2.23. The lowest BCUT2D eigenvalue weighted by molar-refractivity contribution is 0.0987. The Kier molecular flexibility index (Phi) is 8.62. The Morgan fingerprint density at radius 1 is 1.21 bits per heavy atom. The molecule has 114 valence electrons. The van der Waals surface area contributed by atoms with Crippen LogP contribution in [0.1, 0.15) is 26.7 Å². The van der Waals surface area contributed by atoms with Crippen LogP contribution in [0, 0.1) is 5.92 Å². The van der Waals surface area contributed by atoms with E-state index >= 15 is 0 Å². The molecule has 0 aromatic rings. The summed E-state index contributed by atoms with van der Waals surface area (Å²) in [4.78, 5) is 5.01. The highest BCUT2D eigenvalue weighted by Crippen LogP contribution is 2.07. The molecule has 1 aliphatic rings. The monoisotopic (exact) mass is 271 g/mol. The summed E-state index contributed by atoms with van der Waals surface area (Å²) in [5.74, 6) is 0.707. The Hall–Kier alpha value is -0.160. The van der Waals surface area contributed by atoms with E-state index in [-0.39, 0.29) is 0 Å². The lowest BCUT2D eigenvalue weighted by Crippen LogP contribution is -2.46. The van der Waals surface area contributed by atoms with Crippen molar-refractivity contribution in [3.8, 4) is 0 Å². The van der Waals surface area contributed by atoms with Crippen LogP contribution < -0.4 is 5.32 Å². The molecule has 0 aromatic heterocycles. The molecule has 0 radical (unpaired) electrons. The topological polar surface area (TPSA) is 27.7 Å². The van der Waals surface area contributed by atoms with Crippen molar-refractivity contribution in [1.82, 2.24) is 15.1 Å². The standard InChI is InChI=1S/C15H33N3O/c1-14(2)11-16-12-15(13-19-4)17(3)9-10-18-7-5-6-8-18/h14-16H,5-13H2,1-4H3. The molecule has 0 amide bonds. The zero-order valence-electron chi connectivity index (χ0n) is 13.3. The van der Waals surface area contributed by atoms with Crippen molar-refractivity contribution in [3.63, 3.8) is 0 Å². The van der Waals surface area contributed by atoms with Gasteiger partial charge in [0.15, 0.2) is 0 Å². The van der Waals surface area contributed by atoms with E-state index < -0.39 is 0 Å². The van der Waals surface area contributed by atoms with Crippen molar-refractivity contribution in [2.24, 2.45) is 5.92 Å². The molecule has 0 saturated carbocycles. The Bertz CT molecular complexity index is 217. The maximum absolute atomic E-state index is 5.36. The van der Waals surface area contributed by atoms with Crippen LogP contribution >= 0.6 is 0 Å². The molecule has 4 heteroatoms. The first kappa shape index (κ1) is 16.9. The predicted molar refractivity (Wildman–Crippen MR) is 81.7 cm³/mol. The molecular formula is C15H33N3O. The smallest absolute Gasteiger partial charge is 0.0630 e. The quantitative estimate of drug-likeness (QED) is 0.648. The largest absolute Gasteiger partial charge is 0.383 e. The van der Waals surface area contributed by atoms with Gasteiger partial charge in [0.05, 0.1) is 6.61 Å². The Morgan fingerprint density at radius 3 is 2.47 bits per heavy atom. The second-order valence-electron chi connectivity index (χ2n) is 6.19. The molecule has 1 atom stereocenters. The number of nitrogens with zero attached hydrogens (tertiary/aromatic N) is 2. The molecule has 1 N–H and O–H groups in total. The molecule has 1 heterocycles. The molecule has 1 saturated heterocycles. The third-order valence-electron chi connectivity index (χ3n) is 3.88. The molecule has 0 aliphatic carbocycles. The van der Waals surface area contributed by atoms with Gasteiger partial charge in [-0.1, -0.05) is 13.8 Å². The van der Waals surface area contributed by atoms with E-state index in [2.05, 4.69) is 36.0 Å². The summed E-state index contributed by atoms with van der Waals surface area (Å²) < 4.78 is 5.36. The van der Waals surface area contributed by atoms with Crippen molar-refractivity contribution >= 4 is 0 Å². The van der Waals surface area contributed by atoms with Crippen LogP contribution in [0.5, 0.6) is 0 Å². The van der Waals surface area contributed by atoms with Gasteiger partial charge in [-0.05, 0) is 45.4 Å². The van der Waals surface area contributed by atoms with E-state index in [1.54, 1.807) is 7.11 Å². The fourth-order valence-corrected chi connectivity index (χ4v) is 2.56. The van der Waals surface area contributed by atoms with E-state index in [9.17, 15) is 0 Å². The summed E-state index contributed by atoms with van der Waals surface area (Å²) in [7, 11) is 4.01. The number of rotatable bonds is 10. The summed E-state index contributed by atoms with van der Waals surface area (Å²) in [5.41, 5.74) is 0. The molecule has 1 rings (SSSR count). The van der Waals surface area contributed by atoms with Gasteiger partial charge >= 0.3 is 0 Å². The number of hydrogen-bond donors (Lipinski definition) is 1. The number of likely N-dealkylation sites (N-methyl/N-ethyl adjacent to an activating group) is 1. The molecule has 0 spiro atoms. The summed E-state index contributed by atoms with van der Waals surface area (Å²) in [6.07, 6.45) is 2.75. The summed E-state index contributed by atoms with van der Waals surface area (Å²) in [5, 5.41) is 3.54. The summed E-state index contributed by atoms with van der Waals surface area (Å²) in [6, 6.07) is 0.478. The van der Waals surface area contributed by atoms with Crippen LogP contribution in [-0.2, 0) is 4.74 Å². The Labute approximate surface area is 119 Å². The first-order chi connectivity index (χ1) is 9.13. The van der Waals surface area contributed by atoms with E-state index in [4.69, 9.17) is 4.74 Å². The molecule has 4 nitrogen and oxygen atoms in total. The molecule has 1 fully saturated rings. The fraction of sp³-hybridized carbons (Fsp3) is 1.00. The fourth-order valence-electron chi connectivity index (χ4n) is 2.56. The predicted octanol–water partition coefficient (Wildman–Crippen LogP) is 1.27. The average Bonchev–Trinajstić information content (AvgIpc) is 2.87. The third-order valence-corrected chi connectivity index (χ3v) is 3.88. The molecule has 1 unspecified atom stereocenters. The SMILES string of the molecule is COCC(CNCC(C)C)N(C)CCN1CCCC1. The van der Waals surface area contributed by atoms with Gasteiger partial charge in [-0.25, -0.2) is 0 Å². The minimum Gasteiger partial charge on any atom is -0.383 e. The molecule has 0 aromatic carbocycles. The van der Waals surface area contributed by atoms with Gasteiger partial charge in [-0.3, -0.25) is 4.90 Å². The molecular weight excluding hydrogens is 238 g/mol. The first-order valence-electron chi connectivity index (χ1n) is 7.75. The minimum atomic E-state index is 0.478. The second kappa shape index (κ2) is 9.70. The van der Waals surface area contributed by atoms with Crippen LogP contribution in [0.3, 0.4) is 0 Å². The Morgan fingerprint density at radius 2 is 1.89 bits per heavy atom. The highest BCUT2D eigenvalue weighted by Gasteiger charge is 2.17. The number of ether oxygens (including phenoxy) is 1. The van der Waals surface area contributed by atoms with Crippen LogP contribution in [0.4, 0.5) is 0 Å². The van der Waals surface area contributed by atoms with Gasteiger partial charge < -0.3 is 15.0 Å². The van der Waals surface area contributed by atoms with Gasteiger partial charge in [0.25, 0.3) is 0 Å². The lowest BCUT2D eigenvalue weighted by Gasteiger charge is -2.29. The van der Waals surface area contributed by atoms with Gasteiger partial charge in [-0.2, -0.15) is 0 Å². The molecule has 1 aliphatic heterocycles. The van der Waals surface area contributed by atoms with E-state index in [1.165, 1.54) is 32.5 Å². The number of hydrogen-bond acceptors (Lipinski definition) is 4. The van der Waals surface area contributed by atoms with Crippen molar-refractivity contribution in [1.29, 1.82) is 0 Å². The zero-order chi connectivity index (χ0) is 14.1. The molecule has 19 heavy (non-hydrogen) atoms. The highest BCUT2D eigenvalue weighted by molar-refractivity contribution is 4.74. The average molecular weight is 271 g/mol. The maximum atomic E-state index is 5.36. The van der Waals surface area contributed by atoms with Crippen LogP contribution in [0.25, 0.3) is 0 Å². The van der Waals surface area contributed by atoms with Crippen LogP contribution in [-0.4, -0.2) is 75.9 Å². The van der Waals surface area contributed by atoms with Gasteiger partial charge in [-0.15, -0.1) is 0 Å². The number of methoxy groups -OCH3 is 1. The first-order valence-corrected chi connectivity index (χ1v) is 7.75. The second-order valence-corrected chi connectivity index (χ2v) is 6.19. The van der Waals surface area contributed by atoms with Crippen molar-refractivity contribution in [2.75, 3.05) is 60.0 Å². The van der Waals surface area contributed by atoms with Gasteiger partial charge in [0.1, 0.15) is 0 Å². The van der Waals surface area contributed by atoms with E-state index in [1.807, 2.05) is 0 Å². The van der Waals surface area contributed by atoms with Crippen molar-refractivity contribution in [3.05, 3.63) is 0 Å². The van der Waals surface area contributed by atoms with Crippen LogP contribution in [0.15, 0.2) is 0 Å². The third kappa shape index (κ3) is 7.25. The van der Waals surface area contributed by atoms with Crippen LogP contribution in [0.2, 0.25) is 0 Å². The molecule has 0 bridgehead atoms. The zero-order valence-corrected chi connectivity index (χ0v) is 13.3. The van der Waals surface area contributed by atoms with Crippen molar-refractivity contribution in [2.45, 2.75) is 32.7 Å². The van der Waals surface area contributed by atoms with Crippen molar-refractivity contribution < 1.29 is 4.74 Å². The summed E-state index contributed by atoms with van der Waals surface area (Å²) in [6.45, 7) is 12.3. The minimum absolute atomic E-state index is 0.478. The summed E-state index contributed by atoms with van der Waals surface area (Å²) >= 11 is 0. The van der Waals surface area contributed by atoms with E-state index in [0.29, 0.717) is 12.0 Å². The number of likely N-dealkylation sites (tertiary alicyclic amines) is 1. The van der Waals surface area contributed by atoms with Gasteiger partial charge in [0.2, 0.25) is 0 Å². The lowest BCUT2D eigenvalue weighted by atomic mass is 10.2. The highest BCUT2D eigenvalue weighted by atomic mass is 16.5. The van der Waals surface area contributed by atoms with E-state index in [0.717, 1.165) is 26.2 Å².